The van der Waals surface area contributed by atoms with Gasteiger partial charge in [-0.1, -0.05) is 0 Å². The standard InChI is InChI=1S/C19H24F3N3O2/c1-12(23)13-4-2-6-24(11-13)18(27)14-8-15(19(20,21)22)10-16(9-14)25-7-3-5-17(25)26/h8-10,12-13H,2-7,11,23H2,1H3. The van der Waals surface area contributed by atoms with E-state index in [1.54, 1.807) is 4.90 Å². The van der Waals surface area contributed by atoms with Crippen molar-refractivity contribution in [2.24, 2.45) is 11.7 Å². The second-order valence-corrected chi connectivity index (χ2v) is 7.43. The number of carbonyl (C=O) groups excluding carboxylic acids is 2. The fourth-order valence-electron chi connectivity index (χ4n) is 3.78. The quantitative estimate of drug-likeness (QED) is 0.873. The van der Waals surface area contributed by atoms with Crippen LogP contribution in [0.15, 0.2) is 18.2 Å². The highest BCUT2D eigenvalue weighted by Crippen LogP contribution is 2.35. The first-order chi connectivity index (χ1) is 12.7. The first-order valence-corrected chi connectivity index (χ1v) is 9.24. The Morgan fingerprint density at radius 3 is 2.56 bits per heavy atom. The van der Waals surface area contributed by atoms with Gasteiger partial charge < -0.3 is 15.5 Å². The van der Waals surface area contributed by atoms with Gasteiger partial charge in [-0.2, -0.15) is 13.2 Å². The van der Waals surface area contributed by atoms with Crippen molar-refractivity contribution in [3.8, 4) is 0 Å². The van der Waals surface area contributed by atoms with Gasteiger partial charge in [-0.3, -0.25) is 9.59 Å². The van der Waals surface area contributed by atoms with Crippen molar-refractivity contribution < 1.29 is 22.8 Å². The molecule has 5 nitrogen and oxygen atoms in total. The van der Waals surface area contributed by atoms with Crippen LogP contribution < -0.4 is 10.6 Å². The van der Waals surface area contributed by atoms with E-state index in [1.165, 1.54) is 11.0 Å². The molecule has 0 bridgehead atoms. The van der Waals surface area contributed by atoms with Crippen LogP contribution in [0.4, 0.5) is 18.9 Å². The summed E-state index contributed by atoms with van der Waals surface area (Å²) in [6, 6.07) is 3.14. The predicted molar refractivity (Wildman–Crippen MR) is 95.3 cm³/mol. The number of carbonyl (C=O) groups is 2. The van der Waals surface area contributed by atoms with Crippen molar-refractivity contribution >= 4 is 17.5 Å². The zero-order valence-electron chi connectivity index (χ0n) is 15.3. The molecule has 2 unspecified atom stereocenters. The number of anilines is 1. The van der Waals surface area contributed by atoms with E-state index >= 15 is 0 Å². The van der Waals surface area contributed by atoms with Crippen LogP contribution in [0.25, 0.3) is 0 Å². The summed E-state index contributed by atoms with van der Waals surface area (Å²) in [6.07, 6.45) is -2.02. The van der Waals surface area contributed by atoms with Crippen LogP contribution in [-0.4, -0.2) is 42.4 Å². The van der Waals surface area contributed by atoms with Crippen LogP contribution >= 0.6 is 0 Å². The van der Waals surface area contributed by atoms with Crippen molar-refractivity contribution in [1.29, 1.82) is 0 Å². The number of nitrogens with zero attached hydrogens (tertiary/aromatic N) is 2. The maximum Gasteiger partial charge on any atom is 0.416 e. The third kappa shape index (κ3) is 4.26. The van der Waals surface area contributed by atoms with Crippen LogP contribution in [-0.2, 0) is 11.0 Å². The number of hydrogen-bond donors (Lipinski definition) is 1. The van der Waals surface area contributed by atoms with Gasteiger partial charge in [0, 0.05) is 43.3 Å². The third-order valence-corrected chi connectivity index (χ3v) is 5.37. The molecule has 2 amide bonds. The lowest BCUT2D eigenvalue weighted by atomic mass is 9.91. The number of piperidine rings is 1. The molecule has 3 rings (SSSR count). The van der Waals surface area contributed by atoms with E-state index < -0.39 is 17.6 Å². The Bertz CT molecular complexity index is 733. The highest BCUT2D eigenvalue weighted by molar-refractivity contribution is 5.99. The molecule has 2 saturated heterocycles. The smallest absolute Gasteiger partial charge is 0.338 e. The molecule has 0 aromatic heterocycles. The van der Waals surface area contributed by atoms with Crippen LogP contribution in [0.1, 0.15) is 48.5 Å². The number of nitrogens with two attached hydrogens (primary N) is 1. The van der Waals surface area contributed by atoms with Crippen molar-refractivity contribution in [2.75, 3.05) is 24.5 Å². The monoisotopic (exact) mass is 383 g/mol. The Hall–Kier alpha value is -2.09. The van der Waals surface area contributed by atoms with Crippen LogP contribution in [0, 0.1) is 5.92 Å². The molecule has 2 aliphatic heterocycles. The van der Waals surface area contributed by atoms with E-state index in [9.17, 15) is 22.8 Å². The van der Waals surface area contributed by atoms with Crippen LogP contribution in [0.3, 0.4) is 0 Å². The highest BCUT2D eigenvalue weighted by atomic mass is 19.4. The van der Waals surface area contributed by atoms with Gasteiger partial charge in [-0.15, -0.1) is 0 Å². The Balaban J connectivity index is 1.93. The molecule has 8 heteroatoms. The molecule has 2 N–H and O–H groups in total. The average Bonchev–Trinajstić information content (AvgIpc) is 3.06. The number of benzene rings is 1. The van der Waals surface area contributed by atoms with Crippen molar-refractivity contribution in [2.45, 2.75) is 44.8 Å². The molecule has 1 aromatic carbocycles. The summed E-state index contributed by atoms with van der Waals surface area (Å²) in [4.78, 5) is 27.8. The van der Waals surface area contributed by atoms with E-state index in [0.29, 0.717) is 32.5 Å². The van der Waals surface area contributed by atoms with E-state index in [2.05, 4.69) is 0 Å². The largest absolute Gasteiger partial charge is 0.416 e. The van der Waals surface area contributed by atoms with Gasteiger partial charge in [0.15, 0.2) is 0 Å². The highest BCUT2D eigenvalue weighted by Gasteiger charge is 2.35. The Morgan fingerprint density at radius 1 is 1.22 bits per heavy atom. The number of likely N-dealkylation sites (tertiary alicyclic amines) is 1. The van der Waals surface area contributed by atoms with Gasteiger partial charge in [-0.25, -0.2) is 0 Å². The van der Waals surface area contributed by atoms with E-state index in [1.807, 2.05) is 6.92 Å². The van der Waals surface area contributed by atoms with Gasteiger partial charge in [0.2, 0.25) is 5.91 Å². The minimum Gasteiger partial charge on any atom is -0.338 e. The molecule has 0 radical (unpaired) electrons. The van der Waals surface area contributed by atoms with Gasteiger partial charge in [0.25, 0.3) is 5.91 Å². The fourth-order valence-corrected chi connectivity index (χ4v) is 3.78. The van der Waals surface area contributed by atoms with Gasteiger partial charge in [0.05, 0.1) is 5.56 Å². The molecular weight excluding hydrogens is 359 g/mol. The second kappa shape index (κ2) is 7.50. The lowest BCUT2D eigenvalue weighted by molar-refractivity contribution is -0.137. The minimum absolute atomic E-state index is 0.0372. The lowest BCUT2D eigenvalue weighted by Crippen LogP contribution is -2.45. The van der Waals surface area contributed by atoms with E-state index in [-0.39, 0.29) is 29.1 Å². The fraction of sp³-hybridized carbons (Fsp3) is 0.579. The molecule has 148 valence electrons. The third-order valence-electron chi connectivity index (χ3n) is 5.37. The molecule has 2 atom stereocenters. The topological polar surface area (TPSA) is 66.6 Å². The van der Waals surface area contributed by atoms with Crippen molar-refractivity contribution in [1.82, 2.24) is 4.90 Å². The first-order valence-electron chi connectivity index (χ1n) is 9.24. The summed E-state index contributed by atoms with van der Waals surface area (Å²) < 4.78 is 40.1. The maximum atomic E-state index is 13.4. The Morgan fingerprint density at radius 2 is 1.96 bits per heavy atom. The summed E-state index contributed by atoms with van der Waals surface area (Å²) in [6.45, 7) is 3.17. The first kappa shape index (κ1) is 19.7. The molecule has 2 aliphatic rings. The van der Waals surface area contributed by atoms with Crippen molar-refractivity contribution in [3.05, 3.63) is 29.3 Å². The molecular formula is C19H24F3N3O2. The summed E-state index contributed by atoms with van der Waals surface area (Å²) in [5, 5.41) is 0. The molecule has 0 saturated carbocycles. The molecule has 2 heterocycles. The normalized spacial score (nSPS) is 22.3. The van der Waals surface area contributed by atoms with E-state index in [4.69, 9.17) is 5.73 Å². The molecule has 2 fully saturated rings. The van der Waals surface area contributed by atoms with Gasteiger partial charge >= 0.3 is 6.18 Å². The molecule has 0 aliphatic carbocycles. The Kier molecular flexibility index (Phi) is 5.46. The summed E-state index contributed by atoms with van der Waals surface area (Å²) in [5.74, 6) is -0.532. The molecule has 27 heavy (non-hydrogen) atoms. The summed E-state index contributed by atoms with van der Waals surface area (Å²) in [5.41, 5.74) is 5.13. The van der Waals surface area contributed by atoms with Crippen LogP contribution in [0.2, 0.25) is 0 Å². The molecule has 1 aromatic rings. The summed E-state index contributed by atoms with van der Waals surface area (Å²) in [7, 11) is 0. The Labute approximate surface area is 156 Å². The number of rotatable bonds is 3. The number of halogens is 3. The minimum atomic E-state index is -4.59. The van der Waals surface area contributed by atoms with Crippen LogP contribution in [0.5, 0.6) is 0 Å². The SMILES string of the molecule is CC(N)C1CCCN(C(=O)c2cc(N3CCCC3=O)cc(C(F)(F)F)c2)C1. The van der Waals surface area contributed by atoms with Gasteiger partial charge in [0.1, 0.15) is 0 Å². The summed E-state index contributed by atoms with van der Waals surface area (Å²) >= 11 is 0. The number of amides is 2. The zero-order valence-corrected chi connectivity index (χ0v) is 15.3. The van der Waals surface area contributed by atoms with Crippen molar-refractivity contribution in [3.63, 3.8) is 0 Å². The maximum absolute atomic E-state index is 13.4. The number of alkyl halides is 3. The zero-order chi connectivity index (χ0) is 19.8. The lowest BCUT2D eigenvalue weighted by Gasteiger charge is -2.35. The average molecular weight is 383 g/mol. The van der Waals surface area contributed by atoms with E-state index in [0.717, 1.165) is 25.0 Å². The predicted octanol–water partition coefficient (Wildman–Crippen LogP) is 3.03. The number of hydrogen-bond acceptors (Lipinski definition) is 3. The molecule has 0 spiro atoms. The second-order valence-electron chi connectivity index (χ2n) is 7.43. The van der Waals surface area contributed by atoms with Gasteiger partial charge in [-0.05, 0) is 50.3 Å².